The van der Waals surface area contributed by atoms with Gasteiger partial charge in [-0.05, 0) is 57.3 Å². The number of hydrogen-bond donors (Lipinski definition) is 3. The minimum absolute atomic E-state index is 0. The van der Waals surface area contributed by atoms with Crippen LogP contribution in [0.3, 0.4) is 0 Å². The van der Waals surface area contributed by atoms with Gasteiger partial charge < -0.3 is 5.32 Å². The summed E-state index contributed by atoms with van der Waals surface area (Å²) in [6.45, 7) is 0. The van der Waals surface area contributed by atoms with Crippen molar-refractivity contribution in [1.82, 2.24) is 41.2 Å². The van der Waals surface area contributed by atoms with Crippen molar-refractivity contribution in [3.63, 3.8) is 0 Å². The van der Waals surface area contributed by atoms with Crippen molar-refractivity contribution < 1.29 is 4.79 Å². The molecule has 27 heavy (non-hydrogen) atoms. The van der Waals surface area contributed by atoms with Crippen LogP contribution in [0.5, 0.6) is 0 Å². The zero-order valence-electron chi connectivity index (χ0n) is 12.7. The van der Waals surface area contributed by atoms with E-state index in [0.29, 0.717) is 22.9 Å². The van der Waals surface area contributed by atoms with Crippen LogP contribution in [-0.4, -0.2) is 106 Å². The van der Waals surface area contributed by atoms with Gasteiger partial charge in [0.15, 0.2) is 11.6 Å². The average Bonchev–Trinajstić information content (AvgIpc) is 3.36. The summed E-state index contributed by atoms with van der Waals surface area (Å²) < 4.78 is 0. The van der Waals surface area contributed by atoms with Gasteiger partial charge in [0.05, 0.1) is 0 Å². The molecule has 0 radical (unpaired) electrons. The standard InChI is InChI=1S/C15H11N9O.2Na.2H/c25-15(11-3-1-9(2-4-11)13-17-21-22-18-13)16-12-7-5-10(6-8-12)14-19-23-24-20-14;;;;/h1-8H,(H,16,25)(H,17,18,21,22)(H,19,20,23,24);;;;. The molecule has 0 aliphatic carbocycles. The van der Waals surface area contributed by atoms with Gasteiger partial charge in [0.2, 0.25) is 0 Å². The monoisotopic (exact) mass is 381 g/mol. The first-order valence-electron chi connectivity index (χ1n) is 7.29. The van der Waals surface area contributed by atoms with Crippen LogP contribution < -0.4 is 5.32 Å². The molecule has 2 aromatic carbocycles. The number of tetrazole rings is 2. The van der Waals surface area contributed by atoms with Crippen LogP contribution in [0.2, 0.25) is 0 Å². The maximum atomic E-state index is 12.3. The molecule has 0 bridgehead atoms. The molecule has 10 nitrogen and oxygen atoms in total. The normalized spacial score (nSPS) is 9.78. The van der Waals surface area contributed by atoms with Crippen molar-refractivity contribution in [3.05, 3.63) is 54.1 Å². The van der Waals surface area contributed by atoms with Gasteiger partial charge in [-0.2, -0.15) is 0 Å². The van der Waals surface area contributed by atoms with Crippen LogP contribution in [0, 0.1) is 0 Å². The number of nitrogens with one attached hydrogen (secondary N) is 3. The second-order valence-electron chi connectivity index (χ2n) is 5.11. The van der Waals surface area contributed by atoms with Crippen molar-refractivity contribution in [2.45, 2.75) is 0 Å². The molecule has 3 N–H and O–H groups in total. The van der Waals surface area contributed by atoms with Crippen LogP contribution in [0.1, 0.15) is 10.4 Å². The van der Waals surface area contributed by atoms with Gasteiger partial charge in [0.25, 0.3) is 5.91 Å². The van der Waals surface area contributed by atoms with Crippen LogP contribution in [-0.2, 0) is 0 Å². The van der Waals surface area contributed by atoms with E-state index in [4.69, 9.17) is 0 Å². The zero-order chi connectivity index (χ0) is 17.1. The molecule has 4 rings (SSSR count). The number of carbonyl (C=O) groups is 1. The van der Waals surface area contributed by atoms with E-state index in [-0.39, 0.29) is 65.0 Å². The second kappa shape index (κ2) is 9.83. The zero-order valence-corrected chi connectivity index (χ0v) is 12.7. The van der Waals surface area contributed by atoms with Crippen molar-refractivity contribution >= 4 is 70.7 Å². The first kappa shape index (κ1) is 21.4. The summed E-state index contributed by atoms with van der Waals surface area (Å²) in [5, 5.41) is 29.9. The van der Waals surface area contributed by atoms with Gasteiger partial charge in [-0.1, -0.05) is 12.1 Å². The number of nitrogens with zero attached hydrogens (tertiary/aromatic N) is 6. The SMILES string of the molecule is O=C(Nc1ccc(-c2nnn[nH]2)cc1)c1ccc(-c2nnn[nH]2)cc1.[NaH].[NaH]. The Labute approximate surface area is 197 Å². The number of aromatic nitrogens is 8. The number of aromatic amines is 2. The fourth-order valence-corrected chi connectivity index (χ4v) is 2.26. The average molecular weight is 381 g/mol. The van der Waals surface area contributed by atoms with Crippen molar-refractivity contribution in [2.24, 2.45) is 0 Å². The van der Waals surface area contributed by atoms with Crippen LogP contribution in [0.4, 0.5) is 5.69 Å². The van der Waals surface area contributed by atoms with Crippen LogP contribution in [0.25, 0.3) is 22.8 Å². The summed E-state index contributed by atoms with van der Waals surface area (Å²) in [6, 6.07) is 14.2. The summed E-state index contributed by atoms with van der Waals surface area (Å²) in [6.07, 6.45) is 0. The Hall–Kier alpha value is -1.95. The number of benzene rings is 2. The van der Waals surface area contributed by atoms with Crippen LogP contribution in [0.15, 0.2) is 48.5 Å². The topological polar surface area (TPSA) is 138 Å². The van der Waals surface area contributed by atoms with Crippen LogP contribution >= 0.6 is 0 Å². The Morgan fingerprint density at radius 1 is 0.741 bits per heavy atom. The van der Waals surface area contributed by atoms with E-state index in [1.807, 2.05) is 12.1 Å². The Morgan fingerprint density at radius 2 is 1.22 bits per heavy atom. The maximum absolute atomic E-state index is 12.3. The minimum atomic E-state index is -0.212. The predicted molar refractivity (Wildman–Crippen MR) is 101 cm³/mol. The Kier molecular flexibility index (Phi) is 7.78. The molecular formula is C15H13N9Na2O. The first-order valence-corrected chi connectivity index (χ1v) is 7.29. The number of carbonyl (C=O) groups excluding carboxylic acids is 1. The molecule has 0 aliphatic heterocycles. The molecular weight excluding hydrogens is 368 g/mol. The molecule has 12 heteroatoms. The predicted octanol–water partition coefficient (Wildman–Crippen LogP) is 0.00210. The van der Waals surface area contributed by atoms with Crippen molar-refractivity contribution in [3.8, 4) is 22.8 Å². The molecule has 126 valence electrons. The summed E-state index contributed by atoms with van der Waals surface area (Å²) >= 11 is 0. The van der Waals surface area contributed by atoms with E-state index in [1.54, 1.807) is 36.4 Å². The van der Waals surface area contributed by atoms with E-state index in [1.165, 1.54) is 0 Å². The molecule has 0 fully saturated rings. The number of amides is 1. The Bertz CT molecular complexity index is 971. The number of hydrogen-bond acceptors (Lipinski definition) is 7. The van der Waals surface area contributed by atoms with Gasteiger partial charge in [-0.15, -0.1) is 10.2 Å². The molecule has 0 aliphatic rings. The van der Waals surface area contributed by atoms with E-state index in [0.717, 1.165) is 11.1 Å². The second-order valence-corrected chi connectivity index (χ2v) is 5.11. The molecule has 0 unspecified atom stereocenters. The van der Waals surface area contributed by atoms with Gasteiger partial charge >= 0.3 is 59.1 Å². The number of rotatable bonds is 4. The Balaban J connectivity index is 0.00000131. The molecule has 2 aromatic heterocycles. The van der Waals surface area contributed by atoms with Crippen molar-refractivity contribution in [2.75, 3.05) is 5.32 Å². The molecule has 1 amide bonds. The van der Waals surface area contributed by atoms with Gasteiger partial charge in [-0.25, -0.2) is 10.2 Å². The van der Waals surface area contributed by atoms with E-state index in [9.17, 15) is 4.79 Å². The quantitative estimate of drug-likeness (QED) is 0.423. The number of H-pyrrole nitrogens is 2. The third kappa shape index (κ3) is 5.06. The molecule has 4 aromatic rings. The molecule has 0 saturated carbocycles. The summed E-state index contributed by atoms with van der Waals surface area (Å²) in [5.41, 5.74) is 2.82. The van der Waals surface area contributed by atoms with Crippen molar-refractivity contribution in [1.29, 1.82) is 0 Å². The van der Waals surface area contributed by atoms with E-state index in [2.05, 4.69) is 46.6 Å². The fourth-order valence-electron chi connectivity index (χ4n) is 2.26. The van der Waals surface area contributed by atoms with E-state index >= 15 is 0 Å². The number of anilines is 1. The first-order chi connectivity index (χ1) is 12.3. The van der Waals surface area contributed by atoms with Gasteiger partial charge in [0.1, 0.15) is 0 Å². The molecule has 2 heterocycles. The Morgan fingerprint density at radius 3 is 1.67 bits per heavy atom. The third-order valence-corrected chi connectivity index (χ3v) is 3.53. The van der Waals surface area contributed by atoms with Gasteiger partial charge in [-0.3, -0.25) is 4.79 Å². The molecule has 0 atom stereocenters. The fraction of sp³-hybridized carbons (Fsp3) is 0. The summed E-state index contributed by atoms with van der Waals surface area (Å²) in [4.78, 5) is 12.3. The van der Waals surface area contributed by atoms with E-state index < -0.39 is 0 Å². The van der Waals surface area contributed by atoms with Gasteiger partial charge in [0, 0.05) is 22.4 Å². The summed E-state index contributed by atoms with van der Waals surface area (Å²) in [7, 11) is 0. The summed E-state index contributed by atoms with van der Waals surface area (Å²) in [5.74, 6) is 0.899. The molecule has 0 spiro atoms. The third-order valence-electron chi connectivity index (χ3n) is 3.53. The molecule has 0 saturated heterocycles.